The molecule has 5 rings (SSSR count). The van der Waals surface area contributed by atoms with E-state index in [2.05, 4.69) is 35.3 Å². The lowest BCUT2D eigenvalue weighted by atomic mass is 10.2. The molecule has 0 radical (unpaired) electrons. The number of hydrogen-bond acceptors (Lipinski definition) is 11. The summed E-state index contributed by atoms with van der Waals surface area (Å²) in [5.41, 5.74) is 4.24. The topological polar surface area (TPSA) is 114 Å². The Hall–Kier alpha value is -4.09. The van der Waals surface area contributed by atoms with Crippen LogP contribution in [-0.2, 0) is 9.47 Å². The van der Waals surface area contributed by atoms with E-state index >= 15 is 0 Å². The molecule has 11 nitrogen and oxygen atoms in total. The van der Waals surface area contributed by atoms with E-state index in [0.29, 0.717) is 55.6 Å². The highest BCUT2D eigenvalue weighted by Gasteiger charge is 2.20. The first-order valence-corrected chi connectivity index (χ1v) is 11.8. The maximum absolute atomic E-state index is 12.2. The predicted molar refractivity (Wildman–Crippen MR) is 135 cm³/mol. The van der Waals surface area contributed by atoms with Gasteiger partial charge in [0.1, 0.15) is 5.75 Å². The van der Waals surface area contributed by atoms with Crippen molar-refractivity contribution in [3.63, 3.8) is 0 Å². The standard InChI is InChI=1S/C25H27N7O4/c33-22(20-4-2-1-3-5-20)36-21-8-6-19(7-9-21)18-26-30-23-27-24(31-10-14-34-15-11-31)29-25(28-23)32-12-16-35-17-13-32/h1-9,18H,10-17H2,(H,27,28,29,30)/b26-18+. The Morgan fingerprint density at radius 2 is 1.42 bits per heavy atom. The number of anilines is 3. The van der Waals surface area contributed by atoms with Gasteiger partial charge in [-0.05, 0) is 42.0 Å². The van der Waals surface area contributed by atoms with Crippen LogP contribution in [0.5, 0.6) is 5.75 Å². The van der Waals surface area contributed by atoms with Crippen molar-refractivity contribution in [2.75, 3.05) is 67.8 Å². The normalized spacial score (nSPS) is 16.2. The average Bonchev–Trinajstić information content (AvgIpc) is 2.95. The van der Waals surface area contributed by atoms with Crippen LogP contribution in [0.4, 0.5) is 17.8 Å². The Kier molecular flexibility index (Phi) is 7.59. The summed E-state index contributed by atoms with van der Waals surface area (Å²) in [6, 6.07) is 15.9. The van der Waals surface area contributed by atoms with Gasteiger partial charge in [0.15, 0.2) is 0 Å². The van der Waals surface area contributed by atoms with Gasteiger partial charge >= 0.3 is 5.97 Å². The highest BCUT2D eigenvalue weighted by Crippen LogP contribution is 2.19. The lowest BCUT2D eigenvalue weighted by Crippen LogP contribution is -2.40. The van der Waals surface area contributed by atoms with Crippen molar-refractivity contribution in [2.45, 2.75) is 0 Å². The highest BCUT2D eigenvalue weighted by molar-refractivity contribution is 5.91. The fraction of sp³-hybridized carbons (Fsp3) is 0.320. The Morgan fingerprint density at radius 1 is 0.833 bits per heavy atom. The van der Waals surface area contributed by atoms with Crippen LogP contribution in [0.3, 0.4) is 0 Å². The summed E-state index contributed by atoms with van der Waals surface area (Å²) >= 11 is 0. The second-order valence-electron chi connectivity index (χ2n) is 8.15. The molecule has 3 heterocycles. The van der Waals surface area contributed by atoms with E-state index in [1.54, 1.807) is 42.6 Å². The molecule has 0 spiro atoms. The first kappa shape index (κ1) is 23.6. The van der Waals surface area contributed by atoms with Gasteiger partial charge in [0.05, 0.1) is 38.2 Å². The van der Waals surface area contributed by atoms with E-state index in [1.807, 2.05) is 18.2 Å². The molecule has 2 aliphatic rings. The molecule has 2 aromatic carbocycles. The molecule has 186 valence electrons. The van der Waals surface area contributed by atoms with Gasteiger partial charge in [-0.1, -0.05) is 18.2 Å². The van der Waals surface area contributed by atoms with E-state index in [4.69, 9.17) is 14.2 Å². The smallest absolute Gasteiger partial charge is 0.343 e. The molecule has 0 atom stereocenters. The van der Waals surface area contributed by atoms with Gasteiger partial charge in [0, 0.05) is 26.2 Å². The van der Waals surface area contributed by atoms with Crippen LogP contribution in [0.2, 0.25) is 0 Å². The molecule has 11 heteroatoms. The van der Waals surface area contributed by atoms with Crippen LogP contribution in [-0.4, -0.2) is 79.7 Å². The minimum absolute atomic E-state index is 0.359. The van der Waals surface area contributed by atoms with Crippen molar-refractivity contribution in [1.82, 2.24) is 15.0 Å². The van der Waals surface area contributed by atoms with Crippen LogP contribution < -0.4 is 20.0 Å². The Labute approximate surface area is 208 Å². The quantitative estimate of drug-likeness (QED) is 0.229. The molecule has 0 amide bonds. The number of aromatic nitrogens is 3. The molecule has 1 aromatic heterocycles. The number of rotatable bonds is 7. The van der Waals surface area contributed by atoms with Crippen molar-refractivity contribution < 1.29 is 19.0 Å². The predicted octanol–water partition coefficient (Wildman–Crippen LogP) is 2.21. The minimum Gasteiger partial charge on any atom is -0.423 e. The van der Waals surface area contributed by atoms with Gasteiger partial charge in [-0.3, -0.25) is 0 Å². The molecule has 0 unspecified atom stereocenters. The van der Waals surface area contributed by atoms with Gasteiger partial charge in [0.2, 0.25) is 17.8 Å². The van der Waals surface area contributed by atoms with Crippen LogP contribution in [0.15, 0.2) is 59.7 Å². The van der Waals surface area contributed by atoms with Crippen molar-refractivity contribution in [3.05, 3.63) is 65.7 Å². The number of carbonyl (C=O) groups is 1. The number of esters is 1. The summed E-state index contributed by atoms with van der Waals surface area (Å²) in [5, 5.41) is 4.30. The lowest BCUT2D eigenvalue weighted by molar-refractivity contribution is 0.0734. The summed E-state index contributed by atoms with van der Waals surface area (Å²) in [6.07, 6.45) is 1.65. The molecular formula is C25H27N7O4. The Morgan fingerprint density at radius 3 is 2.00 bits per heavy atom. The van der Waals surface area contributed by atoms with E-state index < -0.39 is 5.97 Å². The zero-order chi connectivity index (χ0) is 24.6. The summed E-state index contributed by atoms with van der Waals surface area (Å²) in [5.74, 6) is 1.60. The van der Waals surface area contributed by atoms with Crippen molar-refractivity contribution in [2.24, 2.45) is 5.10 Å². The van der Waals surface area contributed by atoms with Crippen LogP contribution in [0.25, 0.3) is 0 Å². The number of nitrogens with zero attached hydrogens (tertiary/aromatic N) is 6. The van der Waals surface area contributed by atoms with Gasteiger partial charge < -0.3 is 24.0 Å². The minimum atomic E-state index is -0.402. The van der Waals surface area contributed by atoms with Crippen molar-refractivity contribution in [3.8, 4) is 5.75 Å². The zero-order valence-corrected chi connectivity index (χ0v) is 19.7. The zero-order valence-electron chi connectivity index (χ0n) is 19.7. The summed E-state index contributed by atoms with van der Waals surface area (Å²) in [7, 11) is 0. The maximum Gasteiger partial charge on any atom is 0.343 e. The molecule has 0 bridgehead atoms. The van der Waals surface area contributed by atoms with Crippen LogP contribution in [0.1, 0.15) is 15.9 Å². The number of hydrogen-bond donors (Lipinski definition) is 1. The van der Waals surface area contributed by atoms with Gasteiger partial charge in [-0.2, -0.15) is 20.1 Å². The SMILES string of the molecule is O=C(Oc1ccc(/C=N/Nc2nc(N3CCOCC3)nc(N3CCOCC3)n2)cc1)c1ccccc1. The monoisotopic (exact) mass is 489 g/mol. The molecule has 3 aromatic rings. The Balaban J connectivity index is 1.25. The second kappa shape index (κ2) is 11.6. The molecule has 1 N–H and O–H groups in total. The third kappa shape index (κ3) is 6.12. The second-order valence-corrected chi connectivity index (χ2v) is 8.15. The lowest BCUT2D eigenvalue weighted by Gasteiger charge is -2.30. The fourth-order valence-electron chi connectivity index (χ4n) is 3.74. The van der Waals surface area contributed by atoms with Crippen molar-refractivity contribution >= 4 is 30.0 Å². The number of benzene rings is 2. The third-order valence-electron chi connectivity index (χ3n) is 5.68. The molecule has 36 heavy (non-hydrogen) atoms. The number of carbonyl (C=O) groups excluding carboxylic acids is 1. The van der Waals surface area contributed by atoms with E-state index in [-0.39, 0.29) is 0 Å². The fourth-order valence-corrected chi connectivity index (χ4v) is 3.74. The van der Waals surface area contributed by atoms with Gasteiger partial charge in [-0.25, -0.2) is 10.2 Å². The summed E-state index contributed by atoms with van der Waals surface area (Å²) in [4.78, 5) is 30.2. The van der Waals surface area contributed by atoms with Gasteiger partial charge in [0.25, 0.3) is 0 Å². The first-order valence-electron chi connectivity index (χ1n) is 11.8. The number of ether oxygens (including phenoxy) is 3. The number of morpholine rings is 2. The third-order valence-corrected chi connectivity index (χ3v) is 5.68. The van der Waals surface area contributed by atoms with E-state index in [0.717, 1.165) is 31.7 Å². The first-order chi connectivity index (χ1) is 17.7. The van der Waals surface area contributed by atoms with E-state index in [9.17, 15) is 4.79 Å². The van der Waals surface area contributed by atoms with E-state index in [1.165, 1.54) is 0 Å². The van der Waals surface area contributed by atoms with Crippen molar-refractivity contribution in [1.29, 1.82) is 0 Å². The van der Waals surface area contributed by atoms with Gasteiger partial charge in [-0.15, -0.1) is 0 Å². The average molecular weight is 490 g/mol. The van der Waals surface area contributed by atoms with Crippen LogP contribution >= 0.6 is 0 Å². The molecule has 2 fully saturated rings. The summed E-state index contributed by atoms with van der Waals surface area (Å²) in [6.45, 7) is 5.42. The van der Waals surface area contributed by atoms with Crippen LogP contribution in [0, 0.1) is 0 Å². The Bertz CT molecular complexity index is 1140. The molecule has 2 aliphatic heterocycles. The number of nitrogens with one attached hydrogen (secondary N) is 1. The molecule has 2 saturated heterocycles. The highest BCUT2D eigenvalue weighted by atomic mass is 16.5. The molecule has 0 aliphatic carbocycles. The largest absolute Gasteiger partial charge is 0.423 e. The maximum atomic E-state index is 12.2. The number of hydrazone groups is 1. The molecule has 0 saturated carbocycles. The molecular weight excluding hydrogens is 462 g/mol. The summed E-state index contributed by atoms with van der Waals surface area (Å²) < 4.78 is 16.3.